The maximum atomic E-state index is 12.7. The van der Waals surface area contributed by atoms with Crippen LogP contribution in [0.2, 0.25) is 0 Å². The summed E-state index contributed by atoms with van der Waals surface area (Å²) in [6.07, 6.45) is 2.02. The summed E-state index contributed by atoms with van der Waals surface area (Å²) in [5, 5.41) is 12.6. The molecule has 0 aliphatic heterocycles. The Morgan fingerprint density at radius 3 is 2.71 bits per heavy atom. The summed E-state index contributed by atoms with van der Waals surface area (Å²) in [6, 6.07) is 13.3. The standard InChI is InChI=1S/C19H14FN3O/c20-8-2-10-23-15-4-1-3-12(11-21)17(15)18-13-7-9-22-19(24)14(13)5-6-16(18)23/h1,3-7,9H,2,8,10H2,(H,22,24). The van der Waals surface area contributed by atoms with E-state index in [0.29, 0.717) is 23.9 Å². The van der Waals surface area contributed by atoms with Gasteiger partial charge in [0.15, 0.2) is 0 Å². The number of alkyl halides is 1. The van der Waals surface area contributed by atoms with Crippen LogP contribution in [0.3, 0.4) is 0 Å². The first-order valence-corrected chi connectivity index (χ1v) is 7.77. The number of benzene rings is 2. The number of pyridine rings is 1. The Kier molecular flexibility index (Phi) is 3.31. The average molecular weight is 319 g/mol. The Morgan fingerprint density at radius 2 is 1.92 bits per heavy atom. The Hall–Kier alpha value is -3.13. The lowest BCUT2D eigenvalue weighted by atomic mass is 10.0. The topological polar surface area (TPSA) is 61.6 Å². The molecule has 24 heavy (non-hydrogen) atoms. The molecular weight excluding hydrogens is 305 g/mol. The summed E-state index contributed by atoms with van der Waals surface area (Å²) in [5.41, 5.74) is 2.21. The normalized spacial score (nSPS) is 11.3. The fraction of sp³-hybridized carbons (Fsp3) is 0.158. The molecule has 1 N–H and O–H groups in total. The fourth-order valence-corrected chi connectivity index (χ4v) is 3.45. The molecule has 0 aliphatic carbocycles. The second-order valence-electron chi connectivity index (χ2n) is 5.73. The van der Waals surface area contributed by atoms with Gasteiger partial charge in [-0.3, -0.25) is 9.18 Å². The second-order valence-corrected chi connectivity index (χ2v) is 5.73. The average Bonchev–Trinajstić information content (AvgIpc) is 2.94. The lowest BCUT2D eigenvalue weighted by Gasteiger charge is -2.06. The lowest BCUT2D eigenvalue weighted by molar-refractivity contribution is 0.452. The summed E-state index contributed by atoms with van der Waals surface area (Å²) in [5.74, 6) is 0. The van der Waals surface area contributed by atoms with Gasteiger partial charge in [0.05, 0.1) is 23.8 Å². The molecule has 0 radical (unpaired) electrons. The molecule has 4 aromatic rings. The molecular formula is C19H14FN3O. The SMILES string of the molecule is N#Cc1cccc2c1c1c3cc[nH]c(=O)c3ccc1n2CCCF. The highest BCUT2D eigenvalue weighted by Crippen LogP contribution is 2.35. The molecule has 0 aliphatic rings. The monoisotopic (exact) mass is 319 g/mol. The zero-order valence-electron chi connectivity index (χ0n) is 12.8. The van der Waals surface area contributed by atoms with Crippen LogP contribution in [-0.2, 0) is 6.54 Å². The molecule has 4 nitrogen and oxygen atoms in total. The molecule has 2 aromatic heterocycles. The third-order valence-electron chi connectivity index (χ3n) is 4.44. The molecule has 5 heteroatoms. The second kappa shape index (κ2) is 5.50. The number of nitriles is 1. The highest BCUT2D eigenvalue weighted by molar-refractivity contribution is 6.21. The van der Waals surface area contributed by atoms with Crippen molar-refractivity contribution in [2.45, 2.75) is 13.0 Å². The largest absolute Gasteiger partial charge is 0.340 e. The molecule has 118 valence electrons. The van der Waals surface area contributed by atoms with Gasteiger partial charge in [0.2, 0.25) is 0 Å². The molecule has 0 spiro atoms. The fourth-order valence-electron chi connectivity index (χ4n) is 3.45. The first-order chi connectivity index (χ1) is 11.8. The number of nitrogens with zero attached hydrogens (tertiary/aromatic N) is 2. The predicted molar refractivity (Wildman–Crippen MR) is 92.9 cm³/mol. The van der Waals surface area contributed by atoms with Gasteiger partial charge < -0.3 is 9.55 Å². The van der Waals surface area contributed by atoms with Crippen molar-refractivity contribution in [2.24, 2.45) is 0 Å². The zero-order chi connectivity index (χ0) is 16.7. The molecule has 0 fully saturated rings. The number of aromatic amines is 1. The van der Waals surface area contributed by atoms with E-state index in [-0.39, 0.29) is 5.56 Å². The van der Waals surface area contributed by atoms with Crippen LogP contribution in [0.1, 0.15) is 12.0 Å². The van der Waals surface area contributed by atoms with Crippen LogP contribution in [0, 0.1) is 11.3 Å². The van der Waals surface area contributed by atoms with E-state index in [1.807, 2.05) is 28.8 Å². The number of rotatable bonds is 3. The van der Waals surface area contributed by atoms with Gasteiger partial charge in [-0.2, -0.15) is 5.26 Å². The Labute approximate surface area is 136 Å². The highest BCUT2D eigenvalue weighted by atomic mass is 19.1. The third-order valence-corrected chi connectivity index (χ3v) is 4.44. The maximum absolute atomic E-state index is 12.7. The minimum atomic E-state index is -0.396. The molecule has 0 amide bonds. The number of H-pyrrole nitrogens is 1. The van der Waals surface area contributed by atoms with Crippen LogP contribution in [0.4, 0.5) is 4.39 Å². The van der Waals surface area contributed by atoms with Crippen molar-refractivity contribution < 1.29 is 4.39 Å². The van der Waals surface area contributed by atoms with E-state index in [2.05, 4.69) is 11.1 Å². The van der Waals surface area contributed by atoms with Crippen molar-refractivity contribution in [1.82, 2.24) is 9.55 Å². The molecule has 0 saturated carbocycles. The van der Waals surface area contributed by atoms with Crippen LogP contribution in [0.15, 0.2) is 47.4 Å². The maximum Gasteiger partial charge on any atom is 0.255 e. The van der Waals surface area contributed by atoms with Crippen molar-refractivity contribution in [1.29, 1.82) is 5.26 Å². The number of aromatic nitrogens is 2. The van der Waals surface area contributed by atoms with Crippen molar-refractivity contribution in [2.75, 3.05) is 6.67 Å². The van der Waals surface area contributed by atoms with Crippen LogP contribution >= 0.6 is 0 Å². The first kappa shape index (κ1) is 14.5. The summed E-state index contributed by atoms with van der Waals surface area (Å²) in [4.78, 5) is 14.8. The predicted octanol–water partition coefficient (Wildman–Crippen LogP) is 3.87. The number of hydrogen-bond acceptors (Lipinski definition) is 2. The van der Waals surface area contributed by atoms with Crippen molar-refractivity contribution >= 4 is 32.6 Å². The number of hydrogen-bond donors (Lipinski definition) is 1. The van der Waals surface area contributed by atoms with Crippen LogP contribution < -0.4 is 5.56 Å². The van der Waals surface area contributed by atoms with Crippen LogP contribution in [0.5, 0.6) is 0 Å². The number of nitrogens with one attached hydrogen (secondary N) is 1. The summed E-state index contributed by atoms with van der Waals surface area (Å²) >= 11 is 0. The summed E-state index contributed by atoms with van der Waals surface area (Å²) < 4.78 is 14.8. The van der Waals surface area contributed by atoms with Gasteiger partial charge in [-0.15, -0.1) is 0 Å². The van der Waals surface area contributed by atoms with Gasteiger partial charge in [-0.25, -0.2) is 0 Å². The van der Waals surface area contributed by atoms with Gasteiger partial charge in [0.25, 0.3) is 5.56 Å². The van der Waals surface area contributed by atoms with Gasteiger partial charge in [-0.05, 0) is 42.1 Å². The van der Waals surface area contributed by atoms with Gasteiger partial charge in [0, 0.05) is 34.4 Å². The van der Waals surface area contributed by atoms with E-state index < -0.39 is 6.67 Å². The lowest BCUT2D eigenvalue weighted by Crippen LogP contribution is -2.04. The molecule has 0 bridgehead atoms. The number of aryl methyl sites for hydroxylation is 1. The Morgan fingerprint density at radius 1 is 1.08 bits per heavy atom. The molecule has 2 heterocycles. The van der Waals surface area contributed by atoms with Crippen molar-refractivity contribution in [3.63, 3.8) is 0 Å². The quantitative estimate of drug-likeness (QED) is 0.623. The van der Waals surface area contributed by atoms with E-state index in [1.54, 1.807) is 18.3 Å². The minimum Gasteiger partial charge on any atom is -0.340 e. The molecule has 0 saturated heterocycles. The van der Waals surface area contributed by atoms with Crippen LogP contribution in [-0.4, -0.2) is 16.2 Å². The van der Waals surface area contributed by atoms with Gasteiger partial charge >= 0.3 is 0 Å². The van der Waals surface area contributed by atoms with Crippen LogP contribution in [0.25, 0.3) is 32.6 Å². The highest BCUT2D eigenvalue weighted by Gasteiger charge is 2.16. The Balaban J connectivity index is 2.28. The smallest absolute Gasteiger partial charge is 0.255 e. The summed E-state index contributed by atoms with van der Waals surface area (Å²) in [6.45, 7) is 0.131. The van der Waals surface area contributed by atoms with E-state index in [1.165, 1.54) is 0 Å². The van der Waals surface area contributed by atoms with Crippen molar-refractivity contribution in [3.05, 3.63) is 58.5 Å². The number of halogens is 1. The number of fused-ring (bicyclic) bond motifs is 5. The van der Waals surface area contributed by atoms with E-state index in [4.69, 9.17) is 0 Å². The molecule has 4 rings (SSSR count). The molecule has 0 atom stereocenters. The molecule has 2 aromatic carbocycles. The van der Waals surface area contributed by atoms with E-state index >= 15 is 0 Å². The third kappa shape index (κ3) is 1.93. The first-order valence-electron chi connectivity index (χ1n) is 7.77. The minimum absolute atomic E-state index is 0.159. The van der Waals surface area contributed by atoms with E-state index in [9.17, 15) is 14.4 Å². The van der Waals surface area contributed by atoms with Gasteiger partial charge in [-0.1, -0.05) is 6.07 Å². The van der Waals surface area contributed by atoms with Gasteiger partial charge in [0.1, 0.15) is 0 Å². The zero-order valence-corrected chi connectivity index (χ0v) is 12.8. The molecule has 0 unspecified atom stereocenters. The van der Waals surface area contributed by atoms with E-state index in [0.717, 1.165) is 27.2 Å². The van der Waals surface area contributed by atoms with Crippen molar-refractivity contribution in [3.8, 4) is 6.07 Å². The Bertz CT molecular complexity index is 1180. The summed E-state index contributed by atoms with van der Waals surface area (Å²) in [7, 11) is 0.